The van der Waals surface area contributed by atoms with Crippen molar-refractivity contribution in [1.29, 1.82) is 0 Å². The maximum absolute atomic E-state index is 14.1. The fraction of sp³-hybridized carbons (Fsp3) is 0.250. The van der Waals surface area contributed by atoms with E-state index in [1.807, 2.05) is 0 Å². The van der Waals surface area contributed by atoms with Gasteiger partial charge in [-0.25, -0.2) is 9.87 Å². The van der Waals surface area contributed by atoms with Crippen LogP contribution in [0.3, 0.4) is 0 Å². The molecular formula is C16H19BFN3O4. The highest BCUT2D eigenvalue weighted by Gasteiger charge is 2.18. The number of nitrogens with zero attached hydrogens (tertiary/aromatic N) is 1. The molecular weight excluding hydrogens is 328 g/mol. The Hall–Kier alpha value is -2.65. The predicted octanol–water partition coefficient (Wildman–Crippen LogP) is -0.511. The van der Waals surface area contributed by atoms with Crippen LogP contribution in [0.5, 0.6) is 0 Å². The SMILES string of the molecule is Bc1ccc(Nc2c(C(=O)NOCCO)cc(C)c(=O)n2C)c(F)c1. The number of carbonyl (C=O) groups is 1. The molecule has 0 atom stereocenters. The van der Waals surface area contributed by atoms with Crippen LogP contribution >= 0.6 is 0 Å². The summed E-state index contributed by atoms with van der Waals surface area (Å²) in [6.45, 7) is 1.24. The minimum Gasteiger partial charge on any atom is -0.394 e. The summed E-state index contributed by atoms with van der Waals surface area (Å²) >= 11 is 0. The average Bonchev–Trinajstić information content (AvgIpc) is 2.57. The van der Waals surface area contributed by atoms with Gasteiger partial charge in [-0.2, -0.15) is 0 Å². The molecule has 0 spiro atoms. The van der Waals surface area contributed by atoms with E-state index >= 15 is 0 Å². The van der Waals surface area contributed by atoms with Crippen LogP contribution in [-0.4, -0.2) is 36.6 Å². The maximum atomic E-state index is 14.1. The van der Waals surface area contributed by atoms with Crippen LogP contribution in [0.15, 0.2) is 29.1 Å². The Morgan fingerprint density at radius 2 is 2.12 bits per heavy atom. The fourth-order valence-electron chi connectivity index (χ4n) is 2.28. The largest absolute Gasteiger partial charge is 0.394 e. The lowest BCUT2D eigenvalue weighted by molar-refractivity contribution is 0.0168. The molecule has 0 aliphatic heterocycles. The minimum absolute atomic E-state index is 0.0775. The molecule has 7 nitrogen and oxygen atoms in total. The van der Waals surface area contributed by atoms with Gasteiger partial charge in [-0.05, 0) is 25.1 Å². The average molecular weight is 347 g/mol. The summed E-state index contributed by atoms with van der Waals surface area (Å²) in [5.74, 6) is -0.999. The number of amides is 1. The minimum atomic E-state index is -0.623. The van der Waals surface area contributed by atoms with Gasteiger partial charge in [0.25, 0.3) is 11.5 Å². The lowest BCUT2D eigenvalue weighted by Crippen LogP contribution is -2.30. The summed E-state index contributed by atoms with van der Waals surface area (Å²) in [6, 6.07) is 5.98. The third-order valence-electron chi connectivity index (χ3n) is 3.57. The van der Waals surface area contributed by atoms with Crippen molar-refractivity contribution >= 4 is 30.7 Å². The molecule has 0 saturated heterocycles. The van der Waals surface area contributed by atoms with Crippen LogP contribution in [0, 0.1) is 12.7 Å². The molecule has 0 saturated carbocycles. The Morgan fingerprint density at radius 3 is 2.76 bits per heavy atom. The summed E-state index contributed by atoms with van der Waals surface area (Å²) in [5, 5.41) is 11.5. The zero-order chi connectivity index (χ0) is 18.6. The first-order valence-electron chi connectivity index (χ1n) is 7.62. The second-order valence-corrected chi connectivity index (χ2v) is 5.57. The number of benzene rings is 1. The summed E-state index contributed by atoms with van der Waals surface area (Å²) in [7, 11) is 3.24. The number of aliphatic hydroxyl groups excluding tert-OH is 1. The van der Waals surface area contributed by atoms with E-state index in [9.17, 15) is 14.0 Å². The Morgan fingerprint density at radius 1 is 1.40 bits per heavy atom. The number of nitrogens with one attached hydrogen (secondary N) is 2. The molecule has 1 aromatic heterocycles. The molecule has 25 heavy (non-hydrogen) atoms. The number of carbonyl (C=O) groups excluding carboxylic acids is 1. The van der Waals surface area contributed by atoms with Gasteiger partial charge >= 0.3 is 0 Å². The van der Waals surface area contributed by atoms with Crippen LogP contribution in [0.4, 0.5) is 15.9 Å². The third-order valence-corrected chi connectivity index (χ3v) is 3.57. The quantitative estimate of drug-likeness (QED) is 0.372. The topological polar surface area (TPSA) is 92.6 Å². The molecule has 9 heteroatoms. The number of pyridine rings is 1. The number of halogens is 1. The summed E-state index contributed by atoms with van der Waals surface area (Å²) in [5.41, 5.74) is 3.20. The van der Waals surface area contributed by atoms with Gasteiger partial charge < -0.3 is 10.4 Å². The molecule has 0 bridgehead atoms. The van der Waals surface area contributed by atoms with Crippen LogP contribution in [0.25, 0.3) is 0 Å². The molecule has 2 aromatic rings. The number of rotatable bonds is 6. The van der Waals surface area contributed by atoms with Crippen LogP contribution in [0.2, 0.25) is 0 Å². The third kappa shape index (κ3) is 4.26. The normalized spacial score (nSPS) is 10.6. The van der Waals surface area contributed by atoms with Gasteiger partial charge in [-0.3, -0.25) is 19.0 Å². The van der Waals surface area contributed by atoms with E-state index in [0.29, 0.717) is 5.56 Å². The molecule has 2 rings (SSSR count). The lowest BCUT2D eigenvalue weighted by atomic mass is 9.96. The van der Waals surface area contributed by atoms with Gasteiger partial charge in [0.1, 0.15) is 19.5 Å². The number of aromatic nitrogens is 1. The Bertz CT molecular complexity index is 854. The number of aliphatic hydroxyl groups is 1. The molecule has 1 amide bonds. The Labute approximate surface area is 144 Å². The van der Waals surface area contributed by atoms with Crippen LogP contribution in [-0.2, 0) is 11.9 Å². The smallest absolute Gasteiger partial charge is 0.278 e. The van der Waals surface area contributed by atoms with Crippen molar-refractivity contribution in [2.75, 3.05) is 18.5 Å². The first-order chi connectivity index (χ1) is 11.8. The van der Waals surface area contributed by atoms with E-state index in [0.717, 1.165) is 5.46 Å². The van der Waals surface area contributed by atoms with Crippen LogP contribution in [0.1, 0.15) is 15.9 Å². The molecule has 1 heterocycles. The van der Waals surface area contributed by atoms with Crippen LogP contribution < -0.4 is 21.8 Å². The highest BCUT2D eigenvalue weighted by molar-refractivity contribution is 6.32. The van der Waals surface area contributed by atoms with E-state index < -0.39 is 11.7 Å². The molecule has 0 fully saturated rings. The maximum Gasteiger partial charge on any atom is 0.278 e. The Balaban J connectivity index is 2.45. The molecule has 0 unspecified atom stereocenters. The van der Waals surface area contributed by atoms with E-state index in [4.69, 9.17) is 9.94 Å². The lowest BCUT2D eigenvalue weighted by Gasteiger charge is -2.17. The number of aryl methyl sites for hydroxylation is 1. The van der Waals surface area contributed by atoms with Crippen molar-refractivity contribution in [3.8, 4) is 0 Å². The molecule has 0 aliphatic rings. The molecule has 3 N–H and O–H groups in total. The highest BCUT2D eigenvalue weighted by atomic mass is 19.1. The Kier molecular flexibility index (Phi) is 5.95. The van der Waals surface area contributed by atoms with Gasteiger partial charge in [0.15, 0.2) is 0 Å². The van der Waals surface area contributed by atoms with E-state index in [1.165, 1.54) is 29.8 Å². The number of hydrogen-bond donors (Lipinski definition) is 3. The van der Waals surface area contributed by atoms with Crippen molar-refractivity contribution in [2.24, 2.45) is 7.05 Å². The fourth-order valence-corrected chi connectivity index (χ4v) is 2.28. The zero-order valence-corrected chi connectivity index (χ0v) is 14.2. The predicted molar refractivity (Wildman–Crippen MR) is 94.8 cm³/mol. The number of hydroxylamine groups is 1. The van der Waals surface area contributed by atoms with E-state index in [1.54, 1.807) is 20.8 Å². The van der Waals surface area contributed by atoms with E-state index in [2.05, 4.69) is 10.8 Å². The van der Waals surface area contributed by atoms with Crippen molar-refractivity contribution in [2.45, 2.75) is 6.92 Å². The first kappa shape index (κ1) is 18.7. The summed E-state index contributed by atoms with van der Waals surface area (Å²) in [4.78, 5) is 29.3. The number of hydrogen-bond acceptors (Lipinski definition) is 5. The van der Waals surface area contributed by atoms with Gasteiger partial charge in [-0.1, -0.05) is 11.5 Å². The van der Waals surface area contributed by atoms with Gasteiger partial charge in [-0.15, -0.1) is 0 Å². The molecule has 0 radical (unpaired) electrons. The summed E-state index contributed by atoms with van der Waals surface area (Å²) in [6.07, 6.45) is 0. The summed E-state index contributed by atoms with van der Waals surface area (Å²) < 4.78 is 15.4. The van der Waals surface area contributed by atoms with Crippen molar-refractivity contribution in [3.63, 3.8) is 0 Å². The molecule has 1 aromatic carbocycles. The number of anilines is 2. The molecule has 0 aliphatic carbocycles. The van der Waals surface area contributed by atoms with Crippen molar-refractivity contribution in [3.05, 3.63) is 51.6 Å². The highest BCUT2D eigenvalue weighted by Crippen LogP contribution is 2.22. The second kappa shape index (κ2) is 7.95. The first-order valence-corrected chi connectivity index (χ1v) is 7.62. The van der Waals surface area contributed by atoms with Gasteiger partial charge in [0, 0.05) is 12.6 Å². The van der Waals surface area contributed by atoms with E-state index in [-0.39, 0.29) is 35.8 Å². The zero-order valence-electron chi connectivity index (χ0n) is 14.2. The van der Waals surface area contributed by atoms with Gasteiger partial charge in [0.2, 0.25) is 0 Å². The van der Waals surface area contributed by atoms with Crippen molar-refractivity contribution in [1.82, 2.24) is 10.0 Å². The van der Waals surface area contributed by atoms with Crippen molar-refractivity contribution < 1.29 is 19.1 Å². The monoisotopic (exact) mass is 347 g/mol. The van der Waals surface area contributed by atoms with Gasteiger partial charge in [0.05, 0.1) is 24.5 Å². The molecule has 132 valence electrons. The second-order valence-electron chi connectivity index (χ2n) is 5.57. The standard InChI is InChI=1S/C16H19BFN3O4/c1-9-7-11(15(23)20-25-6-5-22)14(21(2)16(9)24)19-13-4-3-10(17)8-12(13)18/h3-4,7-8,19,22H,5-6,17H2,1-2H3,(H,20,23).